The van der Waals surface area contributed by atoms with E-state index >= 15 is 0 Å². The van der Waals surface area contributed by atoms with Gasteiger partial charge in [-0.05, 0) is 43.0 Å². The van der Waals surface area contributed by atoms with Crippen LogP contribution in [0.5, 0.6) is 0 Å². The highest BCUT2D eigenvalue weighted by atomic mass is 32.1. The van der Waals surface area contributed by atoms with E-state index in [0.717, 1.165) is 29.0 Å². The van der Waals surface area contributed by atoms with Crippen molar-refractivity contribution < 1.29 is 18.1 Å². The van der Waals surface area contributed by atoms with Crippen molar-refractivity contribution in [1.82, 2.24) is 19.8 Å². The predicted molar refractivity (Wildman–Crippen MR) is 115 cm³/mol. The second kappa shape index (κ2) is 7.67. The number of hydrogen-bond donors (Lipinski definition) is 0. The molecule has 4 heterocycles. The van der Waals surface area contributed by atoms with Gasteiger partial charge in [0.1, 0.15) is 11.6 Å². The number of aromatic nitrogens is 3. The summed E-state index contributed by atoms with van der Waals surface area (Å²) in [7, 11) is 1.90. The summed E-state index contributed by atoms with van der Waals surface area (Å²) in [6.45, 7) is 4.46. The SMILES string of the molecule is Cc1c([C@@H]2CN(C(=O)c3cc(-c4ccc(F)cc4F)on3)[C@@H](C)c3ccsc32)cnn1C. The van der Waals surface area contributed by atoms with Crippen LogP contribution in [-0.2, 0) is 7.05 Å². The number of carbonyl (C=O) groups excluding carboxylic acids is 1. The maximum Gasteiger partial charge on any atom is 0.276 e. The van der Waals surface area contributed by atoms with Crippen LogP contribution in [0, 0.1) is 18.6 Å². The predicted octanol–water partition coefficient (Wildman–Crippen LogP) is 5.07. The molecule has 0 radical (unpaired) electrons. The number of aryl methyl sites for hydroxylation is 1. The monoisotopic (exact) mass is 454 g/mol. The number of nitrogens with zero attached hydrogens (tertiary/aromatic N) is 4. The van der Waals surface area contributed by atoms with Gasteiger partial charge in [0.2, 0.25) is 0 Å². The quantitative estimate of drug-likeness (QED) is 0.434. The van der Waals surface area contributed by atoms with Gasteiger partial charge in [0.15, 0.2) is 11.5 Å². The second-order valence-corrected chi connectivity index (χ2v) is 8.88. The van der Waals surface area contributed by atoms with Gasteiger partial charge in [-0.1, -0.05) is 5.16 Å². The number of thiophene rings is 1. The van der Waals surface area contributed by atoms with E-state index < -0.39 is 11.6 Å². The summed E-state index contributed by atoms with van der Waals surface area (Å²) in [5.41, 5.74) is 3.35. The number of amides is 1. The van der Waals surface area contributed by atoms with Crippen molar-refractivity contribution in [1.29, 1.82) is 0 Å². The Morgan fingerprint density at radius 3 is 2.75 bits per heavy atom. The highest BCUT2D eigenvalue weighted by Crippen LogP contribution is 2.43. The van der Waals surface area contributed by atoms with E-state index in [-0.39, 0.29) is 34.9 Å². The minimum atomic E-state index is -0.776. The molecular weight excluding hydrogens is 434 g/mol. The summed E-state index contributed by atoms with van der Waals surface area (Å²) < 4.78 is 34.4. The highest BCUT2D eigenvalue weighted by molar-refractivity contribution is 7.10. The lowest BCUT2D eigenvalue weighted by Gasteiger charge is -2.37. The van der Waals surface area contributed by atoms with Crippen molar-refractivity contribution in [2.75, 3.05) is 6.54 Å². The molecule has 1 aromatic carbocycles. The normalized spacial score (nSPS) is 18.1. The number of rotatable bonds is 3. The zero-order valence-corrected chi connectivity index (χ0v) is 18.5. The van der Waals surface area contributed by atoms with Crippen molar-refractivity contribution in [3.05, 3.63) is 80.9 Å². The molecule has 3 aromatic heterocycles. The zero-order valence-electron chi connectivity index (χ0n) is 17.7. The van der Waals surface area contributed by atoms with E-state index in [1.807, 2.05) is 43.2 Å². The summed E-state index contributed by atoms with van der Waals surface area (Å²) >= 11 is 1.68. The summed E-state index contributed by atoms with van der Waals surface area (Å²) in [5.74, 6) is -1.70. The zero-order chi connectivity index (χ0) is 22.6. The van der Waals surface area contributed by atoms with Crippen molar-refractivity contribution in [2.24, 2.45) is 7.05 Å². The Morgan fingerprint density at radius 1 is 1.22 bits per heavy atom. The number of carbonyl (C=O) groups is 1. The van der Waals surface area contributed by atoms with E-state index in [9.17, 15) is 13.6 Å². The third-order valence-electron chi connectivity index (χ3n) is 6.18. The van der Waals surface area contributed by atoms with Gasteiger partial charge in [0, 0.05) is 47.8 Å². The lowest BCUT2D eigenvalue weighted by Crippen LogP contribution is -2.40. The van der Waals surface area contributed by atoms with Gasteiger partial charge in [0.05, 0.1) is 17.8 Å². The molecular formula is C23H20F2N4O2S. The molecule has 5 rings (SSSR count). The van der Waals surface area contributed by atoms with E-state index in [1.165, 1.54) is 17.0 Å². The van der Waals surface area contributed by atoms with Crippen LogP contribution in [0.2, 0.25) is 0 Å². The Bertz CT molecular complexity index is 1330. The Kier molecular flexibility index (Phi) is 4.93. The van der Waals surface area contributed by atoms with Crippen LogP contribution >= 0.6 is 11.3 Å². The smallest absolute Gasteiger partial charge is 0.276 e. The Morgan fingerprint density at radius 2 is 2.03 bits per heavy atom. The van der Waals surface area contributed by atoms with E-state index in [4.69, 9.17) is 4.52 Å². The minimum absolute atomic E-state index is 0.000218. The first-order chi connectivity index (χ1) is 15.3. The van der Waals surface area contributed by atoms with Gasteiger partial charge in [-0.2, -0.15) is 5.10 Å². The number of benzene rings is 1. The van der Waals surface area contributed by atoms with Gasteiger partial charge in [-0.25, -0.2) is 8.78 Å². The molecule has 32 heavy (non-hydrogen) atoms. The first-order valence-electron chi connectivity index (χ1n) is 10.1. The fourth-order valence-electron chi connectivity index (χ4n) is 4.26. The van der Waals surface area contributed by atoms with Gasteiger partial charge >= 0.3 is 0 Å². The number of fused-ring (bicyclic) bond motifs is 1. The van der Waals surface area contributed by atoms with Crippen LogP contribution in [0.4, 0.5) is 8.78 Å². The molecule has 2 atom stereocenters. The molecule has 0 fully saturated rings. The van der Waals surface area contributed by atoms with Gasteiger partial charge in [0.25, 0.3) is 5.91 Å². The first kappa shape index (κ1) is 20.6. The maximum absolute atomic E-state index is 14.1. The highest BCUT2D eigenvalue weighted by Gasteiger charge is 2.37. The molecule has 1 aliphatic rings. The lowest BCUT2D eigenvalue weighted by atomic mass is 9.88. The summed E-state index contributed by atoms with van der Waals surface area (Å²) in [6.07, 6.45) is 1.85. The van der Waals surface area contributed by atoms with E-state index in [2.05, 4.69) is 10.3 Å². The van der Waals surface area contributed by atoms with Crippen molar-refractivity contribution in [2.45, 2.75) is 25.8 Å². The van der Waals surface area contributed by atoms with Gasteiger partial charge in [-0.15, -0.1) is 11.3 Å². The van der Waals surface area contributed by atoms with Gasteiger partial charge < -0.3 is 9.42 Å². The first-order valence-corrected chi connectivity index (χ1v) is 11.0. The van der Waals surface area contributed by atoms with Crippen LogP contribution in [0.15, 0.2) is 46.4 Å². The van der Waals surface area contributed by atoms with E-state index in [1.54, 1.807) is 16.2 Å². The van der Waals surface area contributed by atoms with Crippen LogP contribution in [0.25, 0.3) is 11.3 Å². The molecule has 0 N–H and O–H groups in total. The molecule has 0 saturated carbocycles. The summed E-state index contributed by atoms with van der Waals surface area (Å²) in [6, 6.07) is 6.46. The molecule has 0 unspecified atom stereocenters. The topological polar surface area (TPSA) is 64.2 Å². The van der Waals surface area contributed by atoms with Crippen molar-refractivity contribution in [3.8, 4) is 11.3 Å². The third-order valence-corrected chi connectivity index (χ3v) is 7.22. The van der Waals surface area contributed by atoms with Crippen LogP contribution in [0.1, 0.15) is 51.1 Å². The lowest BCUT2D eigenvalue weighted by molar-refractivity contribution is 0.0656. The van der Waals surface area contributed by atoms with E-state index in [0.29, 0.717) is 6.54 Å². The standard InChI is InChI=1S/C23H20F2N4O2S/c1-12-17(10-26-28(12)3)18-11-29(13(2)15-6-7-32-22(15)18)23(30)20-9-21(31-27-20)16-5-4-14(24)8-19(16)25/h4-10,13,18H,11H2,1-3H3/t13-,18-/m0/s1. The largest absolute Gasteiger partial charge is 0.355 e. The second-order valence-electron chi connectivity index (χ2n) is 7.94. The summed E-state index contributed by atoms with van der Waals surface area (Å²) in [4.78, 5) is 16.4. The Hall–Kier alpha value is -3.33. The maximum atomic E-state index is 14.1. The van der Waals surface area contributed by atoms with Crippen molar-refractivity contribution >= 4 is 17.2 Å². The average molecular weight is 455 g/mol. The van der Waals surface area contributed by atoms with Crippen LogP contribution in [-0.4, -0.2) is 32.3 Å². The molecule has 1 aliphatic heterocycles. The number of halogens is 2. The Labute approximate surface area is 187 Å². The fraction of sp³-hybridized carbons (Fsp3) is 0.261. The van der Waals surface area contributed by atoms with Crippen LogP contribution in [0.3, 0.4) is 0 Å². The molecule has 164 valence electrons. The molecule has 0 bridgehead atoms. The third kappa shape index (κ3) is 3.24. The average Bonchev–Trinajstić information content (AvgIpc) is 3.50. The Balaban J connectivity index is 1.49. The number of hydrogen-bond acceptors (Lipinski definition) is 5. The molecule has 0 spiro atoms. The minimum Gasteiger partial charge on any atom is -0.355 e. The van der Waals surface area contributed by atoms with Crippen molar-refractivity contribution in [3.63, 3.8) is 0 Å². The molecule has 1 amide bonds. The molecule has 9 heteroatoms. The van der Waals surface area contributed by atoms with Gasteiger partial charge in [-0.3, -0.25) is 9.48 Å². The van der Waals surface area contributed by atoms with Crippen LogP contribution < -0.4 is 0 Å². The summed E-state index contributed by atoms with van der Waals surface area (Å²) in [5, 5.41) is 10.3. The molecule has 0 aliphatic carbocycles. The molecule has 0 saturated heterocycles. The molecule has 6 nitrogen and oxygen atoms in total. The molecule has 4 aromatic rings. The fourth-order valence-corrected chi connectivity index (χ4v) is 5.36.